The third-order valence-electron chi connectivity index (χ3n) is 5.40. The fraction of sp³-hybridized carbons (Fsp3) is 0.261. The van der Waals surface area contributed by atoms with Crippen LogP contribution in [-0.4, -0.2) is 51.0 Å². The zero-order chi connectivity index (χ0) is 20.3. The largest absolute Gasteiger partial charge is 0.324 e. The van der Waals surface area contributed by atoms with E-state index < -0.39 is 0 Å². The maximum atomic E-state index is 4.67. The molecule has 0 saturated carbocycles. The van der Waals surface area contributed by atoms with Crippen molar-refractivity contribution < 1.29 is 0 Å². The van der Waals surface area contributed by atoms with Gasteiger partial charge in [-0.25, -0.2) is 9.97 Å². The van der Waals surface area contributed by atoms with Gasteiger partial charge in [0.25, 0.3) is 0 Å². The van der Waals surface area contributed by atoms with Crippen LogP contribution in [0.2, 0.25) is 0 Å². The molecule has 1 saturated heterocycles. The molecule has 7 nitrogen and oxygen atoms in total. The summed E-state index contributed by atoms with van der Waals surface area (Å²) in [5, 5.41) is 6.71. The van der Waals surface area contributed by atoms with E-state index in [1.807, 2.05) is 31.5 Å². The number of anilines is 2. The van der Waals surface area contributed by atoms with Gasteiger partial charge in [-0.2, -0.15) is 0 Å². The SMILES string of the molecule is Cc1cc(-c2ccc3nc(Nc4cc(CN5CCNCC5)ccn4)[nH]c3c2)ccn1. The van der Waals surface area contributed by atoms with E-state index in [9.17, 15) is 0 Å². The number of imidazole rings is 1. The average molecular weight is 400 g/mol. The van der Waals surface area contributed by atoms with Crippen LogP contribution in [0.1, 0.15) is 11.3 Å². The number of benzene rings is 1. The Labute approximate surface area is 175 Å². The number of piperazine rings is 1. The summed E-state index contributed by atoms with van der Waals surface area (Å²) in [7, 11) is 0. The minimum absolute atomic E-state index is 0.694. The van der Waals surface area contributed by atoms with Crippen molar-refractivity contribution in [3.8, 4) is 11.1 Å². The molecule has 30 heavy (non-hydrogen) atoms. The van der Waals surface area contributed by atoms with Gasteiger partial charge in [-0.15, -0.1) is 0 Å². The third kappa shape index (κ3) is 4.17. The quantitative estimate of drug-likeness (QED) is 0.477. The summed E-state index contributed by atoms with van der Waals surface area (Å²) in [4.78, 5) is 19.2. The third-order valence-corrected chi connectivity index (χ3v) is 5.40. The van der Waals surface area contributed by atoms with Gasteiger partial charge in [0.1, 0.15) is 5.82 Å². The Balaban J connectivity index is 1.34. The van der Waals surface area contributed by atoms with Crippen LogP contribution in [0.3, 0.4) is 0 Å². The summed E-state index contributed by atoms with van der Waals surface area (Å²) >= 11 is 0. The van der Waals surface area contributed by atoms with Crippen LogP contribution in [0, 0.1) is 6.92 Å². The number of aryl methyl sites for hydroxylation is 1. The molecule has 3 aromatic heterocycles. The predicted molar refractivity (Wildman–Crippen MR) is 120 cm³/mol. The van der Waals surface area contributed by atoms with Gasteiger partial charge in [0.2, 0.25) is 5.95 Å². The number of hydrogen-bond donors (Lipinski definition) is 3. The molecule has 5 rings (SSSR count). The summed E-state index contributed by atoms with van der Waals surface area (Å²) in [6, 6.07) is 14.5. The van der Waals surface area contributed by atoms with Gasteiger partial charge >= 0.3 is 0 Å². The number of rotatable bonds is 5. The van der Waals surface area contributed by atoms with Gasteiger partial charge in [0.15, 0.2) is 0 Å². The summed E-state index contributed by atoms with van der Waals surface area (Å²) in [5.74, 6) is 1.49. The molecular weight excluding hydrogens is 374 g/mol. The lowest BCUT2D eigenvalue weighted by molar-refractivity contribution is 0.233. The molecule has 0 radical (unpaired) electrons. The molecule has 0 bridgehead atoms. The molecule has 4 heterocycles. The maximum Gasteiger partial charge on any atom is 0.206 e. The van der Waals surface area contributed by atoms with E-state index in [-0.39, 0.29) is 0 Å². The second-order valence-electron chi connectivity index (χ2n) is 7.70. The van der Waals surface area contributed by atoms with Crippen molar-refractivity contribution in [2.75, 3.05) is 31.5 Å². The van der Waals surface area contributed by atoms with Gasteiger partial charge in [-0.05, 0) is 60.0 Å². The van der Waals surface area contributed by atoms with Crippen molar-refractivity contribution in [3.05, 3.63) is 66.1 Å². The first-order valence-corrected chi connectivity index (χ1v) is 10.3. The highest BCUT2D eigenvalue weighted by molar-refractivity contribution is 5.84. The summed E-state index contributed by atoms with van der Waals surface area (Å²) in [6.07, 6.45) is 3.69. The van der Waals surface area contributed by atoms with Crippen molar-refractivity contribution in [2.24, 2.45) is 0 Å². The number of nitrogens with one attached hydrogen (secondary N) is 3. The van der Waals surface area contributed by atoms with Crippen molar-refractivity contribution in [1.29, 1.82) is 0 Å². The van der Waals surface area contributed by atoms with Crippen molar-refractivity contribution in [3.63, 3.8) is 0 Å². The lowest BCUT2D eigenvalue weighted by atomic mass is 10.1. The first kappa shape index (κ1) is 18.7. The number of aromatic nitrogens is 4. The van der Waals surface area contributed by atoms with E-state index in [1.54, 1.807) is 0 Å². The molecule has 1 aliphatic rings. The molecule has 0 aliphatic carbocycles. The Morgan fingerprint density at radius 1 is 0.967 bits per heavy atom. The number of hydrogen-bond acceptors (Lipinski definition) is 6. The van der Waals surface area contributed by atoms with Gasteiger partial charge in [-0.3, -0.25) is 9.88 Å². The van der Waals surface area contributed by atoms with Gasteiger partial charge in [-0.1, -0.05) is 6.07 Å². The Bertz CT molecular complexity index is 1160. The van der Waals surface area contributed by atoms with E-state index >= 15 is 0 Å². The number of nitrogens with zero attached hydrogens (tertiary/aromatic N) is 4. The van der Waals surface area contributed by atoms with Crippen LogP contribution < -0.4 is 10.6 Å². The van der Waals surface area contributed by atoms with E-state index in [0.717, 1.165) is 66.4 Å². The summed E-state index contributed by atoms with van der Waals surface area (Å²) in [5.41, 5.74) is 6.45. The molecule has 0 unspecified atom stereocenters. The lowest BCUT2D eigenvalue weighted by Crippen LogP contribution is -2.42. The molecule has 0 amide bonds. The second kappa shape index (κ2) is 8.22. The van der Waals surface area contributed by atoms with E-state index in [4.69, 9.17) is 0 Å². The molecule has 3 N–H and O–H groups in total. The molecule has 4 aromatic rings. The fourth-order valence-corrected chi connectivity index (χ4v) is 3.86. The number of H-pyrrole nitrogens is 1. The molecule has 0 atom stereocenters. The van der Waals surface area contributed by atoms with Gasteiger partial charge < -0.3 is 15.6 Å². The Kier molecular flexibility index (Phi) is 5.13. The zero-order valence-electron chi connectivity index (χ0n) is 17.0. The monoisotopic (exact) mass is 399 g/mol. The first-order chi connectivity index (χ1) is 14.7. The minimum Gasteiger partial charge on any atom is -0.324 e. The van der Waals surface area contributed by atoms with Crippen molar-refractivity contribution in [1.82, 2.24) is 30.2 Å². The normalized spacial score (nSPS) is 14.8. The molecule has 152 valence electrons. The molecular formula is C23H25N7. The van der Waals surface area contributed by atoms with E-state index in [1.165, 1.54) is 5.56 Å². The molecule has 1 fully saturated rings. The van der Waals surface area contributed by atoms with Crippen molar-refractivity contribution >= 4 is 22.8 Å². The Morgan fingerprint density at radius 3 is 2.67 bits per heavy atom. The van der Waals surface area contributed by atoms with Crippen LogP contribution in [-0.2, 0) is 6.54 Å². The molecule has 0 spiro atoms. The lowest BCUT2D eigenvalue weighted by Gasteiger charge is -2.27. The van der Waals surface area contributed by atoms with Gasteiger partial charge in [0, 0.05) is 50.8 Å². The first-order valence-electron chi connectivity index (χ1n) is 10.3. The minimum atomic E-state index is 0.694. The summed E-state index contributed by atoms with van der Waals surface area (Å²) in [6.45, 7) is 7.20. The molecule has 1 aromatic carbocycles. The topological polar surface area (TPSA) is 81.8 Å². The van der Waals surface area contributed by atoms with Crippen LogP contribution in [0.4, 0.5) is 11.8 Å². The number of aromatic amines is 1. The smallest absolute Gasteiger partial charge is 0.206 e. The van der Waals surface area contributed by atoms with Crippen LogP contribution in [0.15, 0.2) is 54.9 Å². The number of fused-ring (bicyclic) bond motifs is 1. The molecule has 1 aliphatic heterocycles. The Morgan fingerprint density at radius 2 is 1.80 bits per heavy atom. The average Bonchev–Trinajstić information content (AvgIpc) is 3.16. The number of pyridine rings is 2. The standard InChI is InChI=1S/C23H25N7/c1-16-12-19(5-7-25-16)18-2-3-20-21(14-18)28-23(27-20)29-22-13-17(4-6-26-22)15-30-10-8-24-9-11-30/h2-7,12-14,24H,8-11,15H2,1H3,(H2,26,27,28,29). The van der Waals surface area contributed by atoms with E-state index in [0.29, 0.717) is 5.95 Å². The highest BCUT2D eigenvalue weighted by Gasteiger charge is 2.11. The van der Waals surface area contributed by atoms with Crippen LogP contribution in [0.5, 0.6) is 0 Å². The summed E-state index contributed by atoms with van der Waals surface area (Å²) < 4.78 is 0. The second-order valence-corrected chi connectivity index (χ2v) is 7.70. The van der Waals surface area contributed by atoms with Gasteiger partial charge in [0.05, 0.1) is 11.0 Å². The highest BCUT2D eigenvalue weighted by Crippen LogP contribution is 2.25. The zero-order valence-corrected chi connectivity index (χ0v) is 17.0. The van der Waals surface area contributed by atoms with Crippen LogP contribution in [0.25, 0.3) is 22.2 Å². The highest BCUT2D eigenvalue weighted by atomic mass is 15.2. The predicted octanol–water partition coefficient (Wildman–Crippen LogP) is 3.48. The maximum absolute atomic E-state index is 4.67. The Hall–Kier alpha value is -3.29. The van der Waals surface area contributed by atoms with E-state index in [2.05, 4.69) is 65.8 Å². The van der Waals surface area contributed by atoms with Crippen molar-refractivity contribution in [2.45, 2.75) is 13.5 Å². The molecule has 7 heteroatoms. The van der Waals surface area contributed by atoms with Crippen LogP contribution >= 0.6 is 0 Å². The fourth-order valence-electron chi connectivity index (χ4n) is 3.86.